The largest absolute Gasteiger partial charge is 0.497 e. The van der Waals surface area contributed by atoms with Crippen molar-refractivity contribution in [3.8, 4) is 5.75 Å². The SMILES string of the molecule is COc1ccc(Br)c(C(=O)N2C3CCC2CC(SC)C3)c1. The normalized spacial score (nSPS) is 27.8. The molecule has 0 aromatic heterocycles. The summed E-state index contributed by atoms with van der Waals surface area (Å²) in [4.78, 5) is 15.1. The smallest absolute Gasteiger partial charge is 0.255 e. The third-order valence-electron chi connectivity index (χ3n) is 4.66. The second-order valence-corrected chi connectivity index (χ2v) is 7.76. The number of fused-ring (bicyclic) bond motifs is 2. The van der Waals surface area contributed by atoms with Crippen LogP contribution in [-0.4, -0.2) is 41.5 Å². The van der Waals surface area contributed by atoms with Crippen LogP contribution in [0, 0.1) is 0 Å². The van der Waals surface area contributed by atoms with E-state index in [-0.39, 0.29) is 5.91 Å². The van der Waals surface area contributed by atoms with Crippen LogP contribution in [0.1, 0.15) is 36.0 Å². The Morgan fingerprint density at radius 1 is 1.33 bits per heavy atom. The first-order chi connectivity index (χ1) is 10.1. The van der Waals surface area contributed by atoms with Gasteiger partial charge in [0.15, 0.2) is 0 Å². The first-order valence-electron chi connectivity index (χ1n) is 7.33. The zero-order valence-electron chi connectivity index (χ0n) is 12.3. The van der Waals surface area contributed by atoms with Crippen LogP contribution in [0.3, 0.4) is 0 Å². The highest BCUT2D eigenvalue weighted by molar-refractivity contribution is 9.10. The van der Waals surface area contributed by atoms with Gasteiger partial charge in [0.25, 0.3) is 5.91 Å². The summed E-state index contributed by atoms with van der Waals surface area (Å²) in [5.74, 6) is 0.876. The van der Waals surface area contributed by atoms with E-state index in [9.17, 15) is 4.79 Å². The fraction of sp³-hybridized carbons (Fsp3) is 0.562. The molecule has 2 aliphatic heterocycles. The number of carbonyl (C=O) groups excluding carboxylic acids is 1. The minimum Gasteiger partial charge on any atom is -0.497 e. The van der Waals surface area contributed by atoms with E-state index in [2.05, 4.69) is 27.1 Å². The molecular weight excluding hydrogens is 350 g/mol. The summed E-state index contributed by atoms with van der Waals surface area (Å²) in [6, 6.07) is 6.42. The van der Waals surface area contributed by atoms with Crippen molar-refractivity contribution in [3.63, 3.8) is 0 Å². The van der Waals surface area contributed by atoms with Crippen LogP contribution in [0.15, 0.2) is 22.7 Å². The minimum absolute atomic E-state index is 0.146. The molecule has 5 heteroatoms. The van der Waals surface area contributed by atoms with Gasteiger partial charge in [0.2, 0.25) is 0 Å². The number of piperidine rings is 1. The summed E-state index contributed by atoms with van der Waals surface area (Å²) in [7, 11) is 1.63. The molecule has 114 valence electrons. The Labute approximate surface area is 138 Å². The van der Waals surface area contributed by atoms with E-state index in [4.69, 9.17) is 4.74 Å². The Kier molecular flexibility index (Phi) is 4.50. The molecule has 3 nitrogen and oxygen atoms in total. The second kappa shape index (κ2) is 6.21. The number of benzene rings is 1. The Bertz CT molecular complexity index is 537. The zero-order chi connectivity index (χ0) is 15.0. The fourth-order valence-corrected chi connectivity index (χ4v) is 4.83. The van der Waals surface area contributed by atoms with Crippen molar-refractivity contribution >= 4 is 33.6 Å². The molecule has 1 aromatic carbocycles. The van der Waals surface area contributed by atoms with Crippen LogP contribution in [0.5, 0.6) is 5.75 Å². The summed E-state index contributed by atoms with van der Waals surface area (Å²) in [5.41, 5.74) is 0.717. The highest BCUT2D eigenvalue weighted by Crippen LogP contribution is 2.41. The third kappa shape index (κ3) is 2.82. The van der Waals surface area contributed by atoms with E-state index in [1.54, 1.807) is 7.11 Å². The van der Waals surface area contributed by atoms with Gasteiger partial charge in [-0.1, -0.05) is 0 Å². The summed E-state index contributed by atoms with van der Waals surface area (Å²) in [6.07, 6.45) is 6.74. The Morgan fingerprint density at radius 3 is 2.57 bits per heavy atom. The molecule has 2 saturated heterocycles. The van der Waals surface area contributed by atoms with Crippen LogP contribution in [0.4, 0.5) is 0 Å². The molecule has 0 N–H and O–H groups in total. The number of carbonyl (C=O) groups is 1. The number of nitrogens with zero attached hydrogens (tertiary/aromatic N) is 1. The maximum absolute atomic E-state index is 13.0. The van der Waals surface area contributed by atoms with Gasteiger partial charge in [0.05, 0.1) is 12.7 Å². The number of hydrogen-bond donors (Lipinski definition) is 0. The van der Waals surface area contributed by atoms with Gasteiger partial charge in [-0.05, 0) is 66.1 Å². The Hall–Kier alpha value is -0.680. The summed E-state index contributed by atoms with van der Waals surface area (Å²) in [5, 5.41) is 0.709. The Morgan fingerprint density at radius 2 is 2.00 bits per heavy atom. The summed E-state index contributed by atoms with van der Waals surface area (Å²) in [6.45, 7) is 0. The van der Waals surface area contributed by atoms with E-state index >= 15 is 0 Å². The monoisotopic (exact) mass is 369 g/mol. The predicted molar refractivity (Wildman–Crippen MR) is 90.2 cm³/mol. The number of ether oxygens (including phenoxy) is 1. The van der Waals surface area contributed by atoms with Crippen LogP contribution in [-0.2, 0) is 0 Å². The molecule has 0 saturated carbocycles. The van der Waals surface area contributed by atoms with E-state index < -0.39 is 0 Å². The minimum atomic E-state index is 0.146. The lowest BCUT2D eigenvalue weighted by Crippen LogP contribution is -2.47. The summed E-state index contributed by atoms with van der Waals surface area (Å²) >= 11 is 5.45. The van der Waals surface area contributed by atoms with Crippen LogP contribution in [0.2, 0.25) is 0 Å². The van der Waals surface area contributed by atoms with Gasteiger partial charge in [-0.2, -0.15) is 11.8 Å². The molecule has 0 radical (unpaired) electrons. The first kappa shape index (κ1) is 15.2. The van der Waals surface area contributed by atoms with E-state index in [1.165, 1.54) is 0 Å². The van der Waals surface area contributed by atoms with Crippen molar-refractivity contribution < 1.29 is 9.53 Å². The van der Waals surface area contributed by atoms with Gasteiger partial charge in [-0.25, -0.2) is 0 Å². The maximum Gasteiger partial charge on any atom is 0.255 e. The number of methoxy groups -OCH3 is 1. The molecule has 2 aliphatic rings. The van der Waals surface area contributed by atoms with Gasteiger partial charge in [0.1, 0.15) is 5.75 Å². The lowest BCUT2D eigenvalue weighted by Gasteiger charge is -2.38. The standard InChI is InChI=1S/C16H20BrNO2S/c1-20-12-5-6-15(17)14(9-12)16(19)18-10-3-4-11(18)8-13(7-10)21-2/h5-6,9-11,13H,3-4,7-8H2,1-2H3. The van der Waals surface area contributed by atoms with E-state index in [1.807, 2.05) is 30.0 Å². The number of halogens is 1. The first-order valence-corrected chi connectivity index (χ1v) is 9.41. The highest BCUT2D eigenvalue weighted by Gasteiger charge is 2.43. The average Bonchev–Trinajstić information content (AvgIpc) is 2.77. The average molecular weight is 370 g/mol. The van der Waals surface area contributed by atoms with Crippen LogP contribution in [0.25, 0.3) is 0 Å². The molecule has 2 unspecified atom stereocenters. The Balaban J connectivity index is 1.86. The molecule has 2 bridgehead atoms. The number of thioether (sulfide) groups is 1. The van der Waals surface area contributed by atoms with Crippen molar-refractivity contribution in [2.24, 2.45) is 0 Å². The predicted octanol–water partition coefficient (Wildman–Crippen LogP) is 3.96. The van der Waals surface area contributed by atoms with Crippen LogP contribution >= 0.6 is 27.7 Å². The van der Waals surface area contributed by atoms with Crippen molar-refractivity contribution in [3.05, 3.63) is 28.2 Å². The second-order valence-electron chi connectivity index (χ2n) is 5.77. The molecule has 2 heterocycles. The lowest BCUT2D eigenvalue weighted by atomic mass is 10.0. The molecule has 3 rings (SSSR count). The number of amides is 1. The van der Waals surface area contributed by atoms with E-state index in [0.29, 0.717) is 22.9 Å². The maximum atomic E-state index is 13.0. The zero-order valence-corrected chi connectivity index (χ0v) is 14.7. The molecule has 0 aliphatic carbocycles. The molecular formula is C16H20BrNO2S. The summed E-state index contributed by atoms with van der Waals surface area (Å²) < 4.78 is 6.10. The third-order valence-corrected chi connectivity index (χ3v) is 6.40. The van der Waals surface area contributed by atoms with E-state index in [0.717, 1.165) is 35.9 Å². The van der Waals surface area contributed by atoms with Gasteiger partial charge in [0, 0.05) is 21.8 Å². The van der Waals surface area contributed by atoms with Crippen molar-refractivity contribution in [2.45, 2.75) is 43.0 Å². The fourth-order valence-electron chi connectivity index (χ4n) is 3.59. The van der Waals surface area contributed by atoms with Gasteiger partial charge in [-0.15, -0.1) is 0 Å². The topological polar surface area (TPSA) is 29.5 Å². The van der Waals surface area contributed by atoms with Gasteiger partial charge >= 0.3 is 0 Å². The number of hydrogen-bond acceptors (Lipinski definition) is 3. The molecule has 2 fully saturated rings. The van der Waals surface area contributed by atoms with Gasteiger partial charge < -0.3 is 9.64 Å². The molecule has 0 spiro atoms. The van der Waals surface area contributed by atoms with Crippen molar-refractivity contribution in [1.82, 2.24) is 4.90 Å². The van der Waals surface area contributed by atoms with Crippen LogP contribution < -0.4 is 4.74 Å². The van der Waals surface area contributed by atoms with Gasteiger partial charge in [-0.3, -0.25) is 4.79 Å². The molecule has 2 atom stereocenters. The lowest BCUT2D eigenvalue weighted by molar-refractivity contribution is 0.0600. The number of rotatable bonds is 3. The molecule has 1 aromatic rings. The van der Waals surface area contributed by atoms with Crippen molar-refractivity contribution in [1.29, 1.82) is 0 Å². The molecule has 1 amide bonds. The van der Waals surface area contributed by atoms with Crippen molar-refractivity contribution in [2.75, 3.05) is 13.4 Å². The molecule has 21 heavy (non-hydrogen) atoms. The quantitative estimate of drug-likeness (QED) is 0.807. The highest BCUT2D eigenvalue weighted by atomic mass is 79.9.